The van der Waals surface area contributed by atoms with Crippen molar-refractivity contribution in [3.05, 3.63) is 175 Å². The molecule has 0 fully saturated rings. The third-order valence-corrected chi connectivity index (χ3v) is 12.4. The minimum atomic E-state index is -0.0903. The van der Waals surface area contributed by atoms with Gasteiger partial charge in [0.15, 0.2) is 0 Å². The zero-order valence-corrected chi connectivity index (χ0v) is 29.7. The molecular weight excluding hydrogens is 651 g/mol. The maximum atomic E-state index is 6.24. The third-order valence-electron chi connectivity index (χ3n) is 11.3. The van der Waals surface area contributed by atoms with Gasteiger partial charge in [-0.05, 0) is 93.2 Å². The third kappa shape index (κ3) is 4.23. The lowest BCUT2D eigenvalue weighted by atomic mass is 9.82. The highest BCUT2D eigenvalue weighted by Crippen LogP contribution is 2.54. The monoisotopic (exact) mass is 683 g/mol. The summed E-state index contributed by atoms with van der Waals surface area (Å²) < 4.78 is 8.85. The normalized spacial score (nSPS) is 13.3. The lowest BCUT2D eigenvalue weighted by molar-refractivity contribution is 0.660. The van der Waals surface area contributed by atoms with Gasteiger partial charge >= 0.3 is 0 Å². The Morgan fingerprint density at radius 2 is 1.19 bits per heavy atom. The Morgan fingerprint density at radius 3 is 2.10 bits per heavy atom. The number of thiophene rings is 1. The summed E-state index contributed by atoms with van der Waals surface area (Å²) in [4.78, 5) is 2.47. The Morgan fingerprint density at radius 1 is 0.481 bits per heavy atom. The second-order valence-corrected chi connectivity index (χ2v) is 15.6. The molecule has 0 aliphatic heterocycles. The molecule has 2 heterocycles. The fraction of sp³-hybridized carbons (Fsp3) is 0.0612. The summed E-state index contributed by atoms with van der Waals surface area (Å²) in [5.41, 5.74) is 13.0. The molecule has 0 radical (unpaired) electrons. The van der Waals surface area contributed by atoms with Crippen molar-refractivity contribution in [2.45, 2.75) is 19.3 Å². The summed E-state index contributed by atoms with van der Waals surface area (Å²) in [5.74, 6) is 0. The molecule has 2 aromatic heterocycles. The van der Waals surface area contributed by atoms with Crippen molar-refractivity contribution in [3.8, 4) is 22.3 Å². The van der Waals surface area contributed by atoms with Crippen molar-refractivity contribution in [2.24, 2.45) is 0 Å². The molecule has 52 heavy (non-hydrogen) atoms. The summed E-state index contributed by atoms with van der Waals surface area (Å²) in [5, 5.41) is 7.32. The number of hydrogen-bond donors (Lipinski definition) is 0. The molecule has 0 saturated carbocycles. The van der Waals surface area contributed by atoms with Crippen molar-refractivity contribution >= 4 is 81.3 Å². The van der Waals surface area contributed by atoms with E-state index in [1.54, 1.807) is 0 Å². The lowest BCUT2D eigenvalue weighted by Gasteiger charge is -2.29. The molecule has 11 rings (SSSR count). The number of rotatable bonds is 4. The molecule has 10 aromatic rings. The fourth-order valence-corrected chi connectivity index (χ4v) is 9.88. The SMILES string of the molecule is CC1(C)c2ccccc2-c2c(N(c3ccc(-c4cccc5cc6oc7ccccc7c6cc45)cc3)c3ccc4c(c3)sc3ccccc34)cccc21. The van der Waals surface area contributed by atoms with E-state index < -0.39 is 0 Å². The van der Waals surface area contributed by atoms with E-state index in [-0.39, 0.29) is 5.41 Å². The van der Waals surface area contributed by atoms with Crippen molar-refractivity contribution in [1.82, 2.24) is 0 Å². The number of fused-ring (bicyclic) bond motifs is 10. The van der Waals surface area contributed by atoms with Gasteiger partial charge in [-0.25, -0.2) is 0 Å². The zero-order valence-electron chi connectivity index (χ0n) is 28.9. The Balaban J connectivity index is 1.10. The maximum Gasteiger partial charge on any atom is 0.136 e. The molecule has 0 saturated heterocycles. The second-order valence-electron chi connectivity index (χ2n) is 14.5. The predicted octanol–water partition coefficient (Wildman–Crippen LogP) is 14.6. The second kappa shape index (κ2) is 10.9. The highest BCUT2D eigenvalue weighted by atomic mass is 32.1. The average Bonchev–Trinajstić information content (AvgIpc) is 3.81. The fourth-order valence-electron chi connectivity index (χ4n) is 8.74. The quantitative estimate of drug-likeness (QED) is 0.184. The van der Waals surface area contributed by atoms with Crippen LogP contribution < -0.4 is 4.90 Å². The smallest absolute Gasteiger partial charge is 0.136 e. The number of benzene rings is 8. The van der Waals surface area contributed by atoms with E-state index in [1.165, 1.54) is 70.0 Å². The molecule has 0 amide bonds. The van der Waals surface area contributed by atoms with Crippen LogP contribution in [-0.2, 0) is 5.41 Å². The van der Waals surface area contributed by atoms with Gasteiger partial charge in [0.05, 0.1) is 5.69 Å². The molecule has 0 N–H and O–H groups in total. The van der Waals surface area contributed by atoms with E-state index in [0.29, 0.717) is 0 Å². The molecule has 0 bridgehead atoms. The molecule has 1 aliphatic rings. The predicted molar refractivity (Wildman–Crippen MR) is 222 cm³/mol. The molecule has 0 spiro atoms. The van der Waals surface area contributed by atoms with Gasteiger partial charge in [-0.1, -0.05) is 123 Å². The van der Waals surface area contributed by atoms with Crippen LogP contribution in [0.5, 0.6) is 0 Å². The van der Waals surface area contributed by atoms with Crippen LogP contribution >= 0.6 is 11.3 Å². The first-order valence-electron chi connectivity index (χ1n) is 17.9. The Hall–Kier alpha value is -6.16. The van der Waals surface area contributed by atoms with E-state index in [9.17, 15) is 0 Å². The number of anilines is 3. The summed E-state index contributed by atoms with van der Waals surface area (Å²) in [6, 6.07) is 60.0. The largest absolute Gasteiger partial charge is 0.456 e. The van der Waals surface area contributed by atoms with Gasteiger partial charge in [-0.2, -0.15) is 0 Å². The van der Waals surface area contributed by atoms with E-state index in [2.05, 4.69) is 170 Å². The first-order chi connectivity index (χ1) is 25.5. The highest BCUT2D eigenvalue weighted by Gasteiger charge is 2.37. The van der Waals surface area contributed by atoms with Crippen LogP contribution in [0.1, 0.15) is 25.0 Å². The standard InChI is InChI=1S/C49H33NOS/c1-49(2)41-16-6-3-14-38(41)48-42(49)17-10-18-43(48)50(33-25-26-37-36-13-5-8-20-46(36)52-47(37)28-33)32-23-21-30(22-24-32)34-15-9-11-31-27-45-40(29-39(31)34)35-12-4-7-19-44(35)51-45/h3-29H,1-2H3. The Labute approximate surface area is 305 Å². The molecular formula is C49H33NOS. The average molecular weight is 684 g/mol. The first-order valence-corrected chi connectivity index (χ1v) is 18.7. The molecule has 1 aliphatic carbocycles. The Bertz CT molecular complexity index is 3050. The molecule has 3 heteroatoms. The van der Waals surface area contributed by atoms with Crippen LogP contribution in [-0.4, -0.2) is 0 Å². The van der Waals surface area contributed by atoms with Gasteiger partial charge in [0.2, 0.25) is 0 Å². The summed E-state index contributed by atoms with van der Waals surface area (Å²) in [6.07, 6.45) is 0. The van der Waals surface area contributed by atoms with Gasteiger partial charge in [0.25, 0.3) is 0 Å². The number of para-hydroxylation sites is 1. The van der Waals surface area contributed by atoms with Crippen LogP contribution in [0, 0.1) is 0 Å². The first kappa shape index (κ1) is 29.6. The number of hydrogen-bond acceptors (Lipinski definition) is 3. The van der Waals surface area contributed by atoms with E-state index in [4.69, 9.17) is 4.42 Å². The van der Waals surface area contributed by atoms with Crippen LogP contribution in [0.2, 0.25) is 0 Å². The van der Waals surface area contributed by atoms with Gasteiger partial charge in [0.1, 0.15) is 11.2 Å². The number of furan rings is 1. The van der Waals surface area contributed by atoms with Crippen molar-refractivity contribution in [3.63, 3.8) is 0 Å². The number of nitrogens with zero attached hydrogens (tertiary/aromatic N) is 1. The molecule has 0 atom stereocenters. The van der Waals surface area contributed by atoms with Crippen molar-refractivity contribution in [1.29, 1.82) is 0 Å². The minimum Gasteiger partial charge on any atom is -0.456 e. The summed E-state index contributed by atoms with van der Waals surface area (Å²) in [7, 11) is 0. The van der Waals surface area contributed by atoms with E-state index in [0.717, 1.165) is 33.3 Å². The van der Waals surface area contributed by atoms with E-state index >= 15 is 0 Å². The molecule has 2 nitrogen and oxygen atoms in total. The molecule has 246 valence electrons. The van der Waals surface area contributed by atoms with Crippen LogP contribution in [0.25, 0.3) is 75.1 Å². The minimum absolute atomic E-state index is 0.0903. The molecule has 8 aromatic carbocycles. The summed E-state index contributed by atoms with van der Waals surface area (Å²) in [6.45, 7) is 4.71. The summed E-state index contributed by atoms with van der Waals surface area (Å²) >= 11 is 1.87. The van der Waals surface area contributed by atoms with Gasteiger partial charge in [-0.15, -0.1) is 11.3 Å². The van der Waals surface area contributed by atoms with Crippen LogP contribution in [0.3, 0.4) is 0 Å². The zero-order chi connectivity index (χ0) is 34.6. The maximum absolute atomic E-state index is 6.24. The van der Waals surface area contributed by atoms with Crippen LogP contribution in [0.15, 0.2) is 168 Å². The van der Waals surface area contributed by atoms with Crippen molar-refractivity contribution < 1.29 is 4.42 Å². The topological polar surface area (TPSA) is 16.4 Å². The molecule has 0 unspecified atom stereocenters. The Kier molecular flexibility index (Phi) is 6.21. The lowest BCUT2D eigenvalue weighted by Crippen LogP contribution is -2.16. The van der Waals surface area contributed by atoms with Crippen LogP contribution in [0.4, 0.5) is 17.1 Å². The highest BCUT2D eigenvalue weighted by molar-refractivity contribution is 7.25. The van der Waals surface area contributed by atoms with Gasteiger partial charge in [-0.3, -0.25) is 0 Å². The van der Waals surface area contributed by atoms with Crippen molar-refractivity contribution in [2.75, 3.05) is 4.90 Å². The van der Waals surface area contributed by atoms with Gasteiger partial charge < -0.3 is 9.32 Å². The van der Waals surface area contributed by atoms with E-state index in [1.807, 2.05) is 23.5 Å². The van der Waals surface area contributed by atoms with Gasteiger partial charge in [0, 0.05) is 53.3 Å².